The highest BCUT2D eigenvalue weighted by Gasteiger charge is 2.57. The molecule has 0 aliphatic heterocycles. The van der Waals surface area contributed by atoms with Crippen LogP contribution in [0.1, 0.15) is 30.1 Å². The van der Waals surface area contributed by atoms with Crippen LogP contribution in [0.5, 0.6) is 0 Å². The Morgan fingerprint density at radius 3 is 2.85 bits per heavy atom. The number of hydrogen-bond acceptors (Lipinski definition) is 6. The Bertz CT molecular complexity index is 527. The average molecular weight is 297 g/mol. The molecule has 1 aliphatic rings. The lowest BCUT2D eigenvalue weighted by molar-refractivity contribution is -0.485. The van der Waals surface area contributed by atoms with Gasteiger partial charge >= 0.3 is 5.97 Å². The summed E-state index contributed by atoms with van der Waals surface area (Å²) in [6.07, 6.45) is 1.15. The van der Waals surface area contributed by atoms with Gasteiger partial charge in [-0.2, -0.15) is 0 Å². The van der Waals surface area contributed by atoms with Gasteiger partial charge in [-0.05, 0) is 24.3 Å². The molecule has 1 aliphatic carbocycles. The fourth-order valence-electron chi connectivity index (χ4n) is 2.93. The van der Waals surface area contributed by atoms with Crippen LogP contribution in [-0.2, 0) is 14.3 Å². The van der Waals surface area contributed by atoms with E-state index in [1.54, 1.807) is 17.5 Å². The summed E-state index contributed by atoms with van der Waals surface area (Å²) >= 11 is 1.32. The molecule has 0 spiro atoms. The summed E-state index contributed by atoms with van der Waals surface area (Å²) in [5.74, 6) is -1.65. The number of nitro groups is 1. The van der Waals surface area contributed by atoms with Gasteiger partial charge in [0.2, 0.25) is 6.54 Å². The summed E-state index contributed by atoms with van der Waals surface area (Å²) in [6.45, 7) is -0.443. The minimum Gasteiger partial charge on any atom is -0.468 e. The largest absolute Gasteiger partial charge is 0.468 e. The Morgan fingerprint density at radius 1 is 1.65 bits per heavy atom. The Kier molecular flexibility index (Phi) is 4.17. The quantitative estimate of drug-likeness (QED) is 0.359. The molecule has 0 amide bonds. The van der Waals surface area contributed by atoms with Gasteiger partial charge in [0.15, 0.2) is 5.78 Å². The molecule has 108 valence electrons. The average Bonchev–Trinajstić information content (AvgIpc) is 3.05. The van der Waals surface area contributed by atoms with Crippen LogP contribution in [0.25, 0.3) is 0 Å². The highest BCUT2D eigenvalue weighted by atomic mass is 32.1. The molecule has 1 aromatic rings. The molecule has 2 rings (SSSR count). The highest BCUT2D eigenvalue weighted by Crippen LogP contribution is 2.48. The van der Waals surface area contributed by atoms with E-state index in [1.807, 2.05) is 0 Å². The van der Waals surface area contributed by atoms with Crippen molar-refractivity contribution in [2.75, 3.05) is 13.7 Å². The summed E-state index contributed by atoms with van der Waals surface area (Å²) in [6, 6.07) is 3.49. The van der Waals surface area contributed by atoms with Crippen LogP contribution in [0.4, 0.5) is 0 Å². The van der Waals surface area contributed by atoms with Crippen LogP contribution in [0.15, 0.2) is 17.5 Å². The van der Waals surface area contributed by atoms with E-state index < -0.39 is 28.8 Å². The van der Waals surface area contributed by atoms with Crippen LogP contribution >= 0.6 is 11.3 Å². The zero-order valence-electron chi connectivity index (χ0n) is 11.0. The Labute approximate surface area is 119 Å². The van der Waals surface area contributed by atoms with Crippen LogP contribution < -0.4 is 0 Å². The molecule has 1 aromatic heterocycles. The standard InChI is InChI=1S/C13H15NO5S/c1-19-12(16)13(6-2-5-11(13)15)9(8-14(17)18)10-4-3-7-20-10/h3-4,7,9H,2,5-6,8H2,1H3/t9-,13+/m0/s1. The zero-order valence-corrected chi connectivity index (χ0v) is 11.9. The number of carbonyl (C=O) groups excluding carboxylic acids is 2. The number of methoxy groups -OCH3 is 1. The topological polar surface area (TPSA) is 86.5 Å². The molecule has 0 bridgehead atoms. The molecule has 1 saturated carbocycles. The molecule has 0 N–H and O–H groups in total. The van der Waals surface area contributed by atoms with Crippen molar-refractivity contribution in [3.05, 3.63) is 32.5 Å². The van der Waals surface area contributed by atoms with Gasteiger partial charge in [0, 0.05) is 16.2 Å². The third-order valence-corrected chi connectivity index (χ3v) is 4.82. The molecule has 2 atom stereocenters. The molecule has 20 heavy (non-hydrogen) atoms. The second-order valence-corrected chi connectivity index (χ2v) is 5.80. The van der Waals surface area contributed by atoms with E-state index in [-0.39, 0.29) is 12.2 Å². The van der Waals surface area contributed by atoms with E-state index in [4.69, 9.17) is 4.74 Å². The third kappa shape index (κ3) is 2.33. The van der Waals surface area contributed by atoms with Gasteiger partial charge in [0.05, 0.1) is 13.0 Å². The normalized spacial score (nSPS) is 23.6. The number of Topliss-reactive ketones (excluding diaryl/α,β-unsaturated/α-hetero) is 1. The highest BCUT2D eigenvalue weighted by molar-refractivity contribution is 7.10. The summed E-state index contributed by atoms with van der Waals surface area (Å²) in [5.41, 5.74) is -1.40. The van der Waals surface area contributed by atoms with E-state index >= 15 is 0 Å². The smallest absolute Gasteiger partial charge is 0.320 e. The van der Waals surface area contributed by atoms with Crippen molar-refractivity contribution >= 4 is 23.1 Å². The van der Waals surface area contributed by atoms with Crippen molar-refractivity contribution in [2.24, 2.45) is 5.41 Å². The number of carbonyl (C=O) groups is 2. The van der Waals surface area contributed by atoms with Gasteiger partial charge in [-0.1, -0.05) is 6.07 Å². The number of rotatable bonds is 5. The second kappa shape index (κ2) is 5.70. The first-order valence-corrected chi connectivity index (χ1v) is 7.17. The first-order valence-electron chi connectivity index (χ1n) is 6.29. The van der Waals surface area contributed by atoms with Gasteiger partial charge in [-0.3, -0.25) is 19.7 Å². The Balaban J connectivity index is 2.50. The number of thiophene rings is 1. The molecule has 1 heterocycles. The van der Waals surface area contributed by atoms with Crippen molar-refractivity contribution in [1.82, 2.24) is 0 Å². The molecule has 7 heteroatoms. The maximum absolute atomic E-state index is 12.3. The maximum Gasteiger partial charge on any atom is 0.320 e. The molecule has 1 fully saturated rings. The fourth-order valence-corrected chi connectivity index (χ4v) is 3.84. The van der Waals surface area contributed by atoms with E-state index in [9.17, 15) is 19.7 Å². The Morgan fingerprint density at radius 2 is 2.40 bits per heavy atom. The van der Waals surface area contributed by atoms with E-state index in [2.05, 4.69) is 0 Å². The van der Waals surface area contributed by atoms with E-state index in [0.29, 0.717) is 17.7 Å². The first-order chi connectivity index (χ1) is 9.52. The number of nitrogens with zero attached hydrogens (tertiary/aromatic N) is 1. The molecular weight excluding hydrogens is 282 g/mol. The number of esters is 1. The zero-order chi connectivity index (χ0) is 14.8. The van der Waals surface area contributed by atoms with Gasteiger partial charge in [-0.25, -0.2) is 0 Å². The van der Waals surface area contributed by atoms with Gasteiger partial charge in [0.1, 0.15) is 5.41 Å². The van der Waals surface area contributed by atoms with Crippen molar-refractivity contribution in [2.45, 2.75) is 25.2 Å². The van der Waals surface area contributed by atoms with Crippen LogP contribution in [0, 0.1) is 15.5 Å². The molecule has 0 radical (unpaired) electrons. The molecular formula is C13H15NO5S. The van der Waals surface area contributed by atoms with E-state index in [1.165, 1.54) is 18.4 Å². The predicted octanol–water partition coefficient (Wildman–Crippen LogP) is 2.02. The van der Waals surface area contributed by atoms with Crippen molar-refractivity contribution in [3.8, 4) is 0 Å². The van der Waals surface area contributed by atoms with Gasteiger partial charge < -0.3 is 4.74 Å². The lowest BCUT2D eigenvalue weighted by Crippen LogP contribution is -2.44. The first kappa shape index (κ1) is 14.6. The number of ether oxygens (including phenoxy) is 1. The van der Waals surface area contributed by atoms with Crippen LogP contribution in [-0.4, -0.2) is 30.3 Å². The van der Waals surface area contributed by atoms with Crippen molar-refractivity contribution in [1.29, 1.82) is 0 Å². The lowest BCUT2D eigenvalue weighted by atomic mass is 9.72. The molecule has 0 aromatic carbocycles. The van der Waals surface area contributed by atoms with Gasteiger partial charge in [-0.15, -0.1) is 11.3 Å². The molecule has 0 saturated heterocycles. The van der Waals surface area contributed by atoms with Gasteiger partial charge in [0.25, 0.3) is 0 Å². The number of hydrogen-bond donors (Lipinski definition) is 0. The summed E-state index contributed by atoms with van der Waals surface area (Å²) < 4.78 is 4.79. The summed E-state index contributed by atoms with van der Waals surface area (Å²) in [5, 5.41) is 12.8. The van der Waals surface area contributed by atoms with Crippen molar-refractivity contribution in [3.63, 3.8) is 0 Å². The fraction of sp³-hybridized carbons (Fsp3) is 0.538. The lowest BCUT2D eigenvalue weighted by Gasteiger charge is -2.30. The minimum atomic E-state index is -1.40. The maximum atomic E-state index is 12.3. The molecule has 6 nitrogen and oxygen atoms in total. The van der Waals surface area contributed by atoms with Crippen molar-refractivity contribution < 1.29 is 19.2 Å². The molecule has 0 unspecified atom stereocenters. The SMILES string of the molecule is COC(=O)[C@@]1([C@@H](C[N+](=O)[O-])c2cccs2)CCCC1=O. The third-order valence-electron chi connectivity index (χ3n) is 3.84. The summed E-state index contributed by atoms with van der Waals surface area (Å²) in [4.78, 5) is 35.7. The predicted molar refractivity (Wildman–Crippen MR) is 72.2 cm³/mol. The van der Waals surface area contributed by atoms with Crippen LogP contribution in [0.3, 0.4) is 0 Å². The Hall–Kier alpha value is -1.76. The van der Waals surface area contributed by atoms with Crippen LogP contribution in [0.2, 0.25) is 0 Å². The number of ketones is 1. The minimum absolute atomic E-state index is 0.246. The summed E-state index contributed by atoms with van der Waals surface area (Å²) in [7, 11) is 1.22. The monoisotopic (exact) mass is 297 g/mol. The van der Waals surface area contributed by atoms with E-state index in [0.717, 1.165) is 0 Å². The second-order valence-electron chi connectivity index (χ2n) is 4.82.